The van der Waals surface area contributed by atoms with Gasteiger partial charge in [-0.2, -0.15) is 12.6 Å². The molecule has 1 heterocycles. The van der Waals surface area contributed by atoms with Crippen molar-refractivity contribution in [2.45, 2.75) is 26.8 Å². The van der Waals surface area contributed by atoms with E-state index in [0.717, 1.165) is 24.8 Å². The van der Waals surface area contributed by atoms with E-state index in [1.807, 2.05) is 11.3 Å². The quantitative estimate of drug-likeness (QED) is 0.717. The van der Waals surface area contributed by atoms with Gasteiger partial charge in [-0.25, -0.2) is 0 Å². The summed E-state index contributed by atoms with van der Waals surface area (Å²) >= 11 is 6.25. The molecule has 1 aromatic heterocycles. The Morgan fingerprint density at radius 3 is 2.73 bits per heavy atom. The van der Waals surface area contributed by atoms with Crippen LogP contribution in [-0.4, -0.2) is 23.7 Å². The zero-order valence-corrected chi connectivity index (χ0v) is 11.4. The summed E-state index contributed by atoms with van der Waals surface area (Å²) in [5, 5.41) is 2.15. The minimum atomic E-state index is 0.730. The molecule has 0 aromatic carbocycles. The summed E-state index contributed by atoms with van der Waals surface area (Å²) in [6.45, 7) is 7.88. The predicted molar refractivity (Wildman–Crippen MR) is 72.9 cm³/mol. The summed E-state index contributed by atoms with van der Waals surface area (Å²) in [5.74, 6) is 1.73. The zero-order chi connectivity index (χ0) is 11.1. The van der Waals surface area contributed by atoms with Gasteiger partial charge in [0, 0.05) is 18.0 Å². The van der Waals surface area contributed by atoms with Gasteiger partial charge in [-0.1, -0.05) is 26.3 Å². The SMILES string of the molecule is CCC(CS)CN(CC)Cc1cccs1. The summed E-state index contributed by atoms with van der Waals surface area (Å²) < 4.78 is 0. The molecule has 0 aliphatic heterocycles. The Balaban J connectivity index is 2.42. The lowest BCUT2D eigenvalue weighted by atomic mass is 10.1. The molecule has 0 bridgehead atoms. The van der Waals surface area contributed by atoms with Gasteiger partial charge in [0.2, 0.25) is 0 Å². The molecule has 1 rings (SSSR count). The van der Waals surface area contributed by atoms with Gasteiger partial charge in [0.05, 0.1) is 0 Å². The van der Waals surface area contributed by atoms with Crippen molar-refractivity contribution in [2.24, 2.45) is 5.92 Å². The molecule has 0 aliphatic rings. The van der Waals surface area contributed by atoms with E-state index in [2.05, 4.69) is 48.9 Å². The highest BCUT2D eigenvalue weighted by molar-refractivity contribution is 7.80. The normalized spacial score (nSPS) is 13.3. The van der Waals surface area contributed by atoms with Crippen LogP contribution in [-0.2, 0) is 6.54 Å². The summed E-state index contributed by atoms with van der Waals surface area (Å²) in [7, 11) is 0. The summed E-state index contributed by atoms with van der Waals surface area (Å²) in [6.07, 6.45) is 1.23. The van der Waals surface area contributed by atoms with Gasteiger partial charge in [0.1, 0.15) is 0 Å². The molecule has 1 atom stereocenters. The highest BCUT2D eigenvalue weighted by Gasteiger charge is 2.10. The van der Waals surface area contributed by atoms with Crippen LogP contribution in [0.25, 0.3) is 0 Å². The lowest BCUT2D eigenvalue weighted by molar-refractivity contribution is 0.242. The van der Waals surface area contributed by atoms with Gasteiger partial charge in [-0.05, 0) is 29.7 Å². The van der Waals surface area contributed by atoms with E-state index in [9.17, 15) is 0 Å². The fourth-order valence-corrected chi connectivity index (χ4v) is 2.73. The van der Waals surface area contributed by atoms with E-state index in [1.165, 1.54) is 17.8 Å². The number of hydrogen-bond donors (Lipinski definition) is 1. The van der Waals surface area contributed by atoms with Crippen LogP contribution >= 0.6 is 24.0 Å². The van der Waals surface area contributed by atoms with Crippen LogP contribution in [0.3, 0.4) is 0 Å². The molecule has 0 N–H and O–H groups in total. The lowest BCUT2D eigenvalue weighted by Gasteiger charge is -2.24. The van der Waals surface area contributed by atoms with Crippen LogP contribution in [0.4, 0.5) is 0 Å². The van der Waals surface area contributed by atoms with E-state index in [4.69, 9.17) is 0 Å². The first-order valence-corrected chi connectivity index (χ1v) is 7.16. The lowest BCUT2D eigenvalue weighted by Crippen LogP contribution is -2.29. The molecule has 1 unspecified atom stereocenters. The van der Waals surface area contributed by atoms with E-state index in [1.54, 1.807) is 0 Å². The van der Waals surface area contributed by atoms with Crippen molar-refractivity contribution in [1.82, 2.24) is 4.90 Å². The Morgan fingerprint density at radius 2 is 2.27 bits per heavy atom. The Labute approximate surface area is 103 Å². The summed E-state index contributed by atoms with van der Waals surface area (Å²) in [6, 6.07) is 4.35. The van der Waals surface area contributed by atoms with Crippen molar-refractivity contribution in [2.75, 3.05) is 18.8 Å². The van der Waals surface area contributed by atoms with Crippen LogP contribution in [0.1, 0.15) is 25.1 Å². The Morgan fingerprint density at radius 1 is 1.47 bits per heavy atom. The molecule has 0 spiro atoms. The first kappa shape index (κ1) is 13.1. The molecule has 15 heavy (non-hydrogen) atoms. The smallest absolute Gasteiger partial charge is 0.0327 e. The second-order valence-corrected chi connectivity index (χ2v) is 5.26. The first-order chi connectivity index (χ1) is 7.30. The van der Waals surface area contributed by atoms with Crippen molar-refractivity contribution in [3.63, 3.8) is 0 Å². The highest BCUT2D eigenvalue weighted by atomic mass is 32.1. The van der Waals surface area contributed by atoms with E-state index < -0.39 is 0 Å². The Bertz CT molecular complexity index is 242. The van der Waals surface area contributed by atoms with Gasteiger partial charge >= 0.3 is 0 Å². The van der Waals surface area contributed by atoms with Crippen molar-refractivity contribution in [3.05, 3.63) is 22.4 Å². The third kappa shape index (κ3) is 4.58. The van der Waals surface area contributed by atoms with Gasteiger partial charge in [0.25, 0.3) is 0 Å². The third-order valence-corrected chi connectivity index (χ3v) is 4.14. The second-order valence-electron chi connectivity index (χ2n) is 3.86. The van der Waals surface area contributed by atoms with Crippen LogP contribution in [0.15, 0.2) is 17.5 Å². The average Bonchev–Trinajstić information content (AvgIpc) is 2.76. The summed E-state index contributed by atoms with van der Waals surface area (Å²) in [5.41, 5.74) is 0. The molecule has 0 saturated carbocycles. The predicted octanol–water partition coefficient (Wildman–Crippen LogP) is 3.53. The number of thiol groups is 1. The molecule has 3 heteroatoms. The largest absolute Gasteiger partial charge is 0.298 e. The highest BCUT2D eigenvalue weighted by Crippen LogP contribution is 2.14. The van der Waals surface area contributed by atoms with Gasteiger partial charge in [-0.3, -0.25) is 4.90 Å². The molecule has 0 fully saturated rings. The fraction of sp³-hybridized carbons (Fsp3) is 0.667. The molecule has 0 saturated heterocycles. The third-order valence-electron chi connectivity index (χ3n) is 2.76. The second kappa shape index (κ2) is 7.31. The minimum Gasteiger partial charge on any atom is -0.298 e. The average molecular weight is 243 g/mol. The number of rotatable bonds is 7. The maximum absolute atomic E-state index is 4.40. The van der Waals surface area contributed by atoms with Gasteiger partial charge in [0.15, 0.2) is 0 Å². The molecule has 86 valence electrons. The number of thiophene rings is 1. The van der Waals surface area contributed by atoms with E-state index >= 15 is 0 Å². The van der Waals surface area contributed by atoms with Crippen molar-refractivity contribution >= 4 is 24.0 Å². The maximum atomic E-state index is 4.40. The molecular formula is C12H21NS2. The minimum absolute atomic E-state index is 0.730. The Kier molecular flexibility index (Phi) is 6.37. The van der Waals surface area contributed by atoms with Crippen LogP contribution < -0.4 is 0 Å². The van der Waals surface area contributed by atoms with Crippen molar-refractivity contribution < 1.29 is 0 Å². The van der Waals surface area contributed by atoms with Crippen molar-refractivity contribution in [1.29, 1.82) is 0 Å². The van der Waals surface area contributed by atoms with E-state index in [0.29, 0.717) is 0 Å². The van der Waals surface area contributed by atoms with Crippen LogP contribution in [0, 0.1) is 5.92 Å². The topological polar surface area (TPSA) is 3.24 Å². The summed E-state index contributed by atoms with van der Waals surface area (Å²) in [4.78, 5) is 3.97. The van der Waals surface area contributed by atoms with Crippen LogP contribution in [0.5, 0.6) is 0 Å². The molecular weight excluding hydrogens is 222 g/mol. The number of nitrogens with zero attached hydrogens (tertiary/aromatic N) is 1. The van der Waals surface area contributed by atoms with Gasteiger partial charge in [-0.15, -0.1) is 11.3 Å². The van der Waals surface area contributed by atoms with Crippen molar-refractivity contribution in [3.8, 4) is 0 Å². The molecule has 0 radical (unpaired) electrons. The monoisotopic (exact) mass is 243 g/mol. The first-order valence-electron chi connectivity index (χ1n) is 5.65. The zero-order valence-electron chi connectivity index (χ0n) is 9.65. The maximum Gasteiger partial charge on any atom is 0.0327 e. The molecule has 1 nitrogen and oxygen atoms in total. The van der Waals surface area contributed by atoms with Crippen LogP contribution in [0.2, 0.25) is 0 Å². The standard InChI is InChI=1S/C12H21NS2/c1-3-11(10-14)8-13(4-2)9-12-6-5-7-15-12/h5-7,11,14H,3-4,8-10H2,1-2H3. The number of hydrogen-bond acceptors (Lipinski definition) is 3. The molecule has 0 aliphatic carbocycles. The fourth-order valence-electron chi connectivity index (χ4n) is 1.61. The van der Waals surface area contributed by atoms with Gasteiger partial charge < -0.3 is 0 Å². The molecule has 0 amide bonds. The molecule has 1 aromatic rings. The Hall–Kier alpha value is 0.01000. The van der Waals surface area contributed by atoms with E-state index in [-0.39, 0.29) is 0 Å².